The monoisotopic (exact) mass is 315 g/mol. The number of halogens is 1. The van der Waals surface area contributed by atoms with Gasteiger partial charge in [0.2, 0.25) is 0 Å². The Kier molecular flexibility index (Phi) is 7.28. The van der Waals surface area contributed by atoms with Crippen molar-refractivity contribution in [2.24, 2.45) is 0 Å². The first-order valence-corrected chi connectivity index (χ1v) is 7.16. The van der Waals surface area contributed by atoms with Crippen LogP contribution in [0.5, 0.6) is 0 Å². The number of nitrogens with one attached hydrogen (secondary N) is 4. The minimum absolute atomic E-state index is 0.261. The van der Waals surface area contributed by atoms with Crippen molar-refractivity contribution in [1.82, 2.24) is 16.2 Å². The van der Waals surface area contributed by atoms with Gasteiger partial charge in [0, 0.05) is 23.6 Å². The highest BCUT2D eigenvalue weighted by molar-refractivity contribution is 7.80. The molecular weight excluding hydrogens is 296 g/mol. The lowest BCUT2D eigenvalue weighted by Gasteiger charge is -2.12. The zero-order valence-electron chi connectivity index (χ0n) is 11.6. The molecule has 0 spiro atoms. The lowest BCUT2D eigenvalue weighted by Crippen LogP contribution is -3.05. The smallest absolute Gasteiger partial charge is 0.269 e. The molecule has 0 aliphatic heterocycles. The van der Waals surface area contributed by atoms with Gasteiger partial charge in [-0.3, -0.25) is 15.6 Å². The third kappa shape index (κ3) is 6.70. The summed E-state index contributed by atoms with van der Waals surface area (Å²) in [5.41, 5.74) is 5.71. The van der Waals surface area contributed by atoms with E-state index in [1.54, 1.807) is 24.3 Å². The third-order valence-electron chi connectivity index (χ3n) is 2.54. The van der Waals surface area contributed by atoms with Crippen LogP contribution in [0.15, 0.2) is 24.3 Å². The van der Waals surface area contributed by atoms with Gasteiger partial charge in [0.05, 0.1) is 20.6 Å². The average Bonchev–Trinajstić information content (AvgIpc) is 2.41. The summed E-state index contributed by atoms with van der Waals surface area (Å²) in [7, 11) is 4.20. The minimum atomic E-state index is -0.261. The van der Waals surface area contributed by atoms with Gasteiger partial charge in [-0.2, -0.15) is 0 Å². The van der Waals surface area contributed by atoms with E-state index in [1.807, 2.05) is 0 Å². The fourth-order valence-corrected chi connectivity index (χ4v) is 1.75. The fourth-order valence-electron chi connectivity index (χ4n) is 1.48. The van der Waals surface area contributed by atoms with E-state index in [0.29, 0.717) is 15.7 Å². The first kappa shape index (κ1) is 16.7. The molecule has 0 aliphatic rings. The molecule has 4 N–H and O–H groups in total. The second kappa shape index (κ2) is 8.73. The lowest BCUT2D eigenvalue weighted by molar-refractivity contribution is -0.858. The van der Waals surface area contributed by atoms with Crippen LogP contribution in [0.1, 0.15) is 16.8 Å². The van der Waals surface area contributed by atoms with Crippen molar-refractivity contribution in [3.05, 3.63) is 34.9 Å². The molecule has 0 bridgehead atoms. The molecule has 1 aromatic carbocycles. The van der Waals surface area contributed by atoms with Crippen molar-refractivity contribution < 1.29 is 9.69 Å². The molecule has 0 unspecified atom stereocenters. The summed E-state index contributed by atoms with van der Waals surface area (Å²) >= 11 is 10.8. The Morgan fingerprint density at radius 2 is 1.90 bits per heavy atom. The average molecular weight is 316 g/mol. The van der Waals surface area contributed by atoms with Crippen LogP contribution in [0.2, 0.25) is 5.02 Å². The zero-order chi connectivity index (χ0) is 15.0. The van der Waals surface area contributed by atoms with E-state index < -0.39 is 0 Å². The van der Waals surface area contributed by atoms with Crippen LogP contribution in [0.3, 0.4) is 0 Å². The molecule has 0 radical (unpaired) electrons. The predicted molar refractivity (Wildman–Crippen MR) is 84.9 cm³/mol. The van der Waals surface area contributed by atoms with Gasteiger partial charge < -0.3 is 10.2 Å². The van der Waals surface area contributed by atoms with E-state index in [0.717, 1.165) is 19.5 Å². The van der Waals surface area contributed by atoms with Crippen LogP contribution in [0.25, 0.3) is 0 Å². The normalized spacial score (nSPS) is 10.2. The molecule has 0 aliphatic carbocycles. The highest BCUT2D eigenvalue weighted by Gasteiger charge is 2.05. The van der Waals surface area contributed by atoms with Crippen molar-refractivity contribution in [1.29, 1.82) is 0 Å². The van der Waals surface area contributed by atoms with Crippen LogP contribution in [0.4, 0.5) is 0 Å². The number of hydrazine groups is 1. The number of quaternary nitrogens is 1. The van der Waals surface area contributed by atoms with Gasteiger partial charge >= 0.3 is 0 Å². The number of rotatable bonds is 5. The van der Waals surface area contributed by atoms with Crippen LogP contribution in [-0.4, -0.2) is 38.2 Å². The summed E-state index contributed by atoms with van der Waals surface area (Å²) in [6, 6.07) is 6.62. The second-order valence-corrected chi connectivity index (χ2v) is 5.50. The number of benzene rings is 1. The summed E-state index contributed by atoms with van der Waals surface area (Å²) in [4.78, 5) is 13.2. The van der Waals surface area contributed by atoms with Crippen LogP contribution < -0.4 is 21.1 Å². The summed E-state index contributed by atoms with van der Waals surface area (Å²) in [5, 5.41) is 4.02. The summed E-state index contributed by atoms with van der Waals surface area (Å²) in [6.45, 7) is 1.83. The molecule has 1 amide bonds. The molecule has 0 saturated carbocycles. The maximum atomic E-state index is 11.8. The number of hydrogen-bond donors (Lipinski definition) is 4. The molecule has 1 rings (SSSR count). The number of thiocarbonyl (C=S) groups is 1. The molecule has 0 fully saturated rings. The van der Waals surface area contributed by atoms with Gasteiger partial charge in [-0.15, -0.1) is 0 Å². The quantitative estimate of drug-likeness (QED) is 0.351. The maximum Gasteiger partial charge on any atom is 0.269 e. The van der Waals surface area contributed by atoms with Gasteiger partial charge in [-0.05, 0) is 36.5 Å². The lowest BCUT2D eigenvalue weighted by atomic mass is 10.2. The first-order valence-electron chi connectivity index (χ1n) is 6.38. The topological polar surface area (TPSA) is 57.6 Å². The molecule has 5 nitrogen and oxygen atoms in total. The van der Waals surface area contributed by atoms with E-state index in [-0.39, 0.29) is 5.91 Å². The van der Waals surface area contributed by atoms with Gasteiger partial charge in [0.1, 0.15) is 0 Å². The SMILES string of the molecule is C[NH+](C)CCCNC(=S)NNC(=O)c1ccc(Cl)cc1. The van der Waals surface area contributed by atoms with E-state index in [9.17, 15) is 4.79 Å². The largest absolute Gasteiger partial charge is 0.361 e. The molecular formula is C13H20ClN4OS+. The minimum Gasteiger partial charge on any atom is -0.361 e. The summed E-state index contributed by atoms with van der Waals surface area (Å²) in [5.74, 6) is -0.261. The Labute approximate surface area is 129 Å². The van der Waals surface area contributed by atoms with E-state index in [2.05, 4.69) is 30.3 Å². The Morgan fingerprint density at radius 1 is 1.25 bits per heavy atom. The Morgan fingerprint density at radius 3 is 2.50 bits per heavy atom. The Balaban J connectivity index is 2.23. The van der Waals surface area contributed by atoms with E-state index in [4.69, 9.17) is 23.8 Å². The second-order valence-electron chi connectivity index (χ2n) is 4.65. The predicted octanol–water partition coefficient (Wildman–Crippen LogP) is -0.0165. The van der Waals surface area contributed by atoms with Crippen molar-refractivity contribution >= 4 is 34.8 Å². The number of hydrogen-bond acceptors (Lipinski definition) is 2. The van der Waals surface area contributed by atoms with E-state index >= 15 is 0 Å². The standard InChI is InChI=1S/C13H19ClN4OS/c1-18(2)9-3-8-15-13(20)17-16-12(19)10-4-6-11(14)7-5-10/h4-7H,3,8-9H2,1-2H3,(H,16,19)(H2,15,17,20)/p+1. The maximum absolute atomic E-state index is 11.8. The van der Waals surface area contributed by atoms with Gasteiger partial charge in [-0.1, -0.05) is 11.6 Å². The Hall–Kier alpha value is -1.37. The highest BCUT2D eigenvalue weighted by atomic mass is 35.5. The molecule has 0 saturated heterocycles. The molecule has 0 atom stereocenters. The van der Waals surface area contributed by atoms with Gasteiger partial charge in [-0.25, -0.2) is 0 Å². The third-order valence-corrected chi connectivity index (χ3v) is 3.03. The first-order chi connectivity index (χ1) is 9.49. The fraction of sp³-hybridized carbons (Fsp3) is 0.385. The molecule has 0 aromatic heterocycles. The summed E-state index contributed by atoms with van der Waals surface area (Å²) in [6.07, 6.45) is 1.01. The zero-order valence-corrected chi connectivity index (χ0v) is 13.2. The summed E-state index contributed by atoms with van der Waals surface area (Å²) < 4.78 is 0. The number of amides is 1. The van der Waals surface area contributed by atoms with Crippen molar-refractivity contribution in [3.8, 4) is 0 Å². The number of carbonyl (C=O) groups excluding carboxylic acids is 1. The van der Waals surface area contributed by atoms with Crippen molar-refractivity contribution in [2.45, 2.75) is 6.42 Å². The molecule has 20 heavy (non-hydrogen) atoms. The molecule has 0 heterocycles. The van der Waals surface area contributed by atoms with Crippen molar-refractivity contribution in [3.63, 3.8) is 0 Å². The Bertz CT molecular complexity index is 450. The van der Waals surface area contributed by atoms with Crippen LogP contribution in [0, 0.1) is 0 Å². The number of carbonyl (C=O) groups is 1. The van der Waals surface area contributed by atoms with Gasteiger partial charge in [0.15, 0.2) is 5.11 Å². The van der Waals surface area contributed by atoms with Crippen LogP contribution >= 0.6 is 23.8 Å². The molecule has 1 aromatic rings. The molecule has 7 heteroatoms. The van der Waals surface area contributed by atoms with Crippen LogP contribution in [-0.2, 0) is 0 Å². The van der Waals surface area contributed by atoms with Crippen molar-refractivity contribution in [2.75, 3.05) is 27.2 Å². The van der Waals surface area contributed by atoms with E-state index in [1.165, 1.54) is 4.90 Å². The molecule has 110 valence electrons. The van der Waals surface area contributed by atoms with Gasteiger partial charge in [0.25, 0.3) is 5.91 Å². The highest BCUT2D eigenvalue weighted by Crippen LogP contribution is 2.08.